The van der Waals surface area contributed by atoms with E-state index in [1.165, 1.54) is 22.0 Å². The number of aliphatic imine (C=N–C) groups is 1. The highest BCUT2D eigenvalue weighted by molar-refractivity contribution is 5.86. The van der Waals surface area contributed by atoms with Crippen LogP contribution in [0.4, 0.5) is 0 Å². The number of morpholine rings is 1. The summed E-state index contributed by atoms with van der Waals surface area (Å²) in [6.45, 7) is 12.7. The predicted octanol–water partition coefficient (Wildman–Crippen LogP) is 2.29. The Morgan fingerprint density at radius 1 is 1.30 bits per heavy atom. The highest BCUT2D eigenvalue weighted by Crippen LogP contribution is 2.21. The summed E-state index contributed by atoms with van der Waals surface area (Å²) < 4.78 is 5.44. The van der Waals surface area contributed by atoms with E-state index in [2.05, 4.69) is 65.7 Å². The summed E-state index contributed by atoms with van der Waals surface area (Å²) in [5.41, 5.74) is 3.88. The number of para-hydroxylation sites is 1. The lowest BCUT2D eigenvalue weighted by atomic mass is 10.1. The fourth-order valence-corrected chi connectivity index (χ4v) is 3.59. The predicted molar refractivity (Wildman–Crippen MR) is 113 cm³/mol. The van der Waals surface area contributed by atoms with E-state index in [9.17, 15) is 0 Å². The van der Waals surface area contributed by atoms with E-state index >= 15 is 0 Å². The first-order valence-corrected chi connectivity index (χ1v) is 10.1. The molecule has 1 atom stereocenters. The Morgan fingerprint density at radius 3 is 2.89 bits per heavy atom. The maximum atomic E-state index is 5.44. The fourth-order valence-electron chi connectivity index (χ4n) is 3.59. The third-order valence-corrected chi connectivity index (χ3v) is 5.22. The summed E-state index contributed by atoms with van der Waals surface area (Å²) in [6, 6.07) is 6.89. The number of aromatic amines is 1. The lowest BCUT2D eigenvalue weighted by Crippen LogP contribution is -2.44. The molecule has 2 heterocycles. The molecule has 3 rings (SSSR count). The Labute approximate surface area is 162 Å². The molecule has 6 heteroatoms. The molecule has 1 aliphatic rings. The molecule has 1 saturated heterocycles. The van der Waals surface area contributed by atoms with Crippen molar-refractivity contribution in [2.75, 3.05) is 45.9 Å². The maximum Gasteiger partial charge on any atom is 0.191 e. The zero-order chi connectivity index (χ0) is 19.1. The van der Waals surface area contributed by atoms with Crippen molar-refractivity contribution >= 4 is 16.9 Å². The van der Waals surface area contributed by atoms with Crippen LogP contribution in [0, 0.1) is 6.92 Å². The zero-order valence-corrected chi connectivity index (χ0v) is 16.8. The average molecular weight is 372 g/mol. The van der Waals surface area contributed by atoms with E-state index in [4.69, 9.17) is 9.73 Å². The third kappa shape index (κ3) is 5.23. The molecular formula is C21H33N5O. The smallest absolute Gasteiger partial charge is 0.191 e. The van der Waals surface area contributed by atoms with E-state index < -0.39 is 0 Å². The number of aromatic nitrogens is 1. The van der Waals surface area contributed by atoms with Crippen molar-refractivity contribution in [1.82, 2.24) is 20.5 Å². The molecule has 148 valence electrons. The molecule has 6 nitrogen and oxygen atoms in total. The van der Waals surface area contributed by atoms with E-state index in [0.717, 1.165) is 58.3 Å². The van der Waals surface area contributed by atoms with Gasteiger partial charge < -0.3 is 20.4 Å². The molecule has 3 N–H and O–H groups in total. The van der Waals surface area contributed by atoms with Crippen LogP contribution in [-0.2, 0) is 11.2 Å². The topological polar surface area (TPSA) is 64.7 Å². The van der Waals surface area contributed by atoms with Gasteiger partial charge in [-0.3, -0.25) is 9.89 Å². The highest BCUT2D eigenvalue weighted by atomic mass is 16.5. The summed E-state index contributed by atoms with van der Waals surface area (Å²) in [5.74, 6) is 0.897. The standard InChI is InChI=1S/C21H33N5O/c1-4-22-21(25-14-17(3)26-10-12-27-13-11-26)23-9-8-18-15-24-20-16(2)6-5-7-19(18)20/h5-7,15,17,24H,4,8-14H2,1-3H3,(H2,22,23,25). The van der Waals surface area contributed by atoms with Crippen LogP contribution in [0.3, 0.4) is 0 Å². The third-order valence-electron chi connectivity index (χ3n) is 5.22. The lowest BCUT2D eigenvalue weighted by Gasteiger charge is -2.31. The normalized spacial score (nSPS) is 17.2. The summed E-state index contributed by atoms with van der Waals surface area (Å²) in [5, 5.41) is 8.15. The van der Waals surface area contributed by atoms with E-state index in [-0.39, 0.29) is 0 Å². The first-order chi connectivity index (χ1) is 13.2. The van der Waals surface area contributed by atoms with Crippen LogP contribution < -0.4 is 10.6 Å². The Balaban J connectivity index is 1.53. The molecule has 1 unspecified atom stereocenters. The largest absolute Gasteiger partial charge is 0.379 e. The number of aryl methyl sites for hydroxylation is 1. The first kappa shape index (κ1) is 19.7. The molecule has 1 aromatic carbocycles. The van der Waals surface area contributed by atoms with Gasteiger partial charge in [-0.15, -0.1) is 0 Å². The van der Waals surface area contributed by atoms with Crippen LogP contribution in [0.15, 0.2) is 29.4 Å². The van der Waals surface area contributed by atoms with Crippen molar-refractivity contribution in [3.8, 4) is 0 Å². The van der Waals surface area contributed by atoms with Gasteiger partial charge in [-0.25, -0.2) is 0 Å². The van der Waals surface area contributed by atoms with Gasteiger partial charge in [0.25, 0.3) is 0 Å². The van der Waals surface area contributed by atoms with Gasteiger partial charge in [0, 0.05) is 49.3 Å². The monoisotopic (exact) mass is 371 g/mol. The number of hydrogen-bond donors (Lipinski definition) is 3. The van der Waals surface area contributed by atoms with E-state index in [1.807, 2.05) is 0 Å². The number of nitrogens with zero attached hydrogens (tertiary/aromatic N) is 2. The van der Waals surface area contributed by atoms with Crippen LogP contribution in [-0.4, -0.2) is 67.8 Å². The minimum atomic E-state index is 0.431. The van der Waals surface area contributed by atoms with Crippen molar-refractivity contribution in [3.63, 3.8) is 0 Å². The van der Waals surface area contributed by atoms with Gasteiger partial charge >= 0.3 is 0 Å². The van der Waals surface area contributed by atoms with Gasteiger partial charge in [0.1, 0.15) is 0 Å². The first-order valence-electron chi connectivity index (χ1n) is 10.1. The fraction of sp³-hybridized carbons (Fsp3) is 0.571. The van der Waals surface area contributed by atoms with Gasteiger partial charge in [-0.05, 0) is 38.3 Å². The SMILES string of the molecule is CCNC(=NCC(C)N1CCOCC1)NCCc1c[nH]c2c(C)cccc12. The van der Waals surface area contributed by atoms with Gasteiger partial charge in [0.2, 0.25) is 0 Å². The zero-order valence-electron chi connectivity index (χ0n) is 16.8. The van der Waals surface area contributed by atoms with Crippen LogP contribution in [0.1, 0.15) is 25.0 Å². The van der Waals surface area contributed by atoms with E-state index in [0.29, 0.717) is 6.04 Å². The van der Waals surface area contributed by atoms with E-state index in [1.54, 1.807) is 0 Å². The van der Waals surface area contributed by atoms with Crippen LogP contribution in [0.5, 0.6) is 0 Å². The van der Waals surface area contributed by atoms with Crippen molar-refractivity contribution in [2.24, 2.45) is 4.99 Å². The number of guanidine groups is 1. The number of benzene rings is 1. The Kier molecular flexibility index (Phi) is 7.12. The molecule has 0 spiro atoms. The Bertz CT molecular complexity index is 748. The number of fused-ring (bicyclic) bond motifs is 1. The molecule has 1 aromatic heterocycles. The summed E-state index contributed by atoms with van der Waals surface area (Å²) in [6.07, 6.45) is 3.09. The molecule has 1 fully saturated rings. The lowest BCUT2D eigenvalue weighted by molar-refractivity contribution is 0.0220. The van der Waals surface area contributed by atoms with Crippen molar-refractivity contribution < 1.29 is 4.74 Å². The number of H-pyrrole nitrogens is 1. The van der Waals surface area contributed by atoms with Gasteiger partial charge in [-0.2, -0.15) is 0 Å². The molecular weight excluding hydrogens is 338 g/mol. The Morgan fingerprint density at radius 2 is 2.11 bits per heavy atom. The molecule has 0 aliphatic carbocycles. The molecule has 0 bridgehead atoms. The van der Waals surface area contributed by atoms with Gasteiger partial charge in [-0.1, -0.05) is 18.2 Å². The quantitative estimate of drug-likeness (QED) is 0.516. The maximum absolute atomic E-state index is 5.44. The number of hydrogen-bond acceptors (Lipinski definition) is 3. The highest BCUT2D eigenvalue weighted by Gasteiger charge is 2.16. The molecule has 2 aromatic rings. The van der Waals surface area contributed by atoms with Crippen molar-refractivity contribution in [2.45, 2.75) is 33.2 Å². The van der Waals surface area contributed by atoms with Crippen LogP contribution in [0.2, 0.25) is 0 Å². The summed E-state index contributed by atoms with van der Waals surface area (Å²) >= 11 is 0. The molecule has 0 amide bonds. The number of rotatable bonds is 7. The average Bonchev–Trinajstić information content (AvgIpc) is 3.11. The van der Waals surface area contributed by atoms with Crippen molar-refractivity contribution in [3.05, 3.63) is 35.5 Å². The molecule has 1 aliphatic heterocycles. The van der Waals surface area contributed by atoms with Gasteiger partial charge in [0.05, 0.1) is 19.8 Å². The number of ether oxygens (including phenoxy) is 1. The second-order valence-electron chi connectivity index (χ2n) is 7.21. The molecule has 0 radical (unpaired) electrons. The minimum absolute atomic E-state index is 0.431. The molecule has 0 saturated carbocycles. The second kappa shape index (κ2) is 9.76. The van der Waals surface area contributed by atoms with Gasteiger partial charge in [0.15, 0.2) is 5.96 Å². The van der Waals surface area contributed by atoms with Crippen LogP contribution >= 0.6 is 0 Å². The molecule has 27 heavy (non-hydrogen) atoms. The Hall–Kier alpha value is -2.05. The van der Waals surface area contributed by atoms with Crippen molar-refractivity contribution in [1.29, 1.82) is 0 Å². The number of nitrogens with one attached hydrogen (secondary N) is 3. The second-order valence-corrected chi connectivity index (χ2v) is 7.21. The summed E-state index contributed by atoms with van der Waals surface area (Å²) in [7, 11) is 0. The van der Waals surface area contributed by atoms with Crippen LogP contribution in [0.25, 0.3) is 10.9 Å². The summed E-state index contributed by atoms with van der Waals surface area (Å²) in [4.78, 5) is 10.6. The minimum Gasteiger partial charge on any atom is -0.379 e.